The molecular formula is C5H10F5NO3S2. The molecule has 0 bridgehead atoms. The first kappa shape index (κ1) is 18.1. The van der Waals surface area contributed by atoms with Crippen LogP contribution in [0.5, 0.6) is 0 Å². The molecule has 0 aliphatic carbocycles. The molecular weight excluding hydrogens is 281 g/mol. The van der Waals surface area contributed by atoms with Gasteiger partial charge in [-0.05, 0) is 13.8 Å². The molecule has 0 heterocycles. The molecule has 0 saturated carbocycles. The number of nitrogens with zero attached hydrogens (tertiary/aromatic N) is 1. The van der Waals surface area contributed by atoms with Gasteiger partial charge in [0, 0.05) is 0 Å². The summed E-state index contributed by atoms with van der Waals surface area (Å²) in [5.74, 6) is 0. The van der Waals surface area contributed by atoms with Crippen molar-refractivity contribution in [3.05, 3.63) is 0 Å². The Morgan fingerprint density at radius 3 is 1.44 bits per heavy atom. The van der Waals surface area contributed by atoms with Crippen LogP contribution in [0.15, 0.2) is 0 Å². The fourth-order valence-corrected chi connectivity index (χ4v) is 0.809. The Kier molecular flexibility index (Phi) is 8.04. The number of rotatable bonds is 2. The van der Waals surface area contributed by atoms with E-state index in [-0.39, 0.29) is 0 Å². The minimum Gasteiger partial charge on any atom is -0.741 e. The van der Waals surface area contributed by atoms with Crippen molar-refractivity contribution < 1.29 is 37.9 Å². The summed E-state index contributed by atoms with van der Waals surface area (Å²) in [7, 11) is -6.09. The maximum absolute atomic E-state index is 11.7. The van der Waals surface area contributed by atoms with Gasteiger partial charge >= 0.3 is 17.0 Å². The van der Waals surface area contributed by atoms with E-state index in [9.17, 15) is 20.9 Å². The molecule has 11 heteroatoms. The van der Waals surface area contributed by atoms with Crippen LogP contribution in [-0.4, -0.2) is 35.5 Å². The van der Waals surface area contributed by atoms with Gasteiger partial charge in [0.2, 0.25) is 0 Å². The minimum atomic E-state index is -6.09. The van der Waals surface area contributed by atoms with Gasteiger partial charge in [-0.25, -0.2) is 8.42 Å². The number of hydrogen-bond acceptors (Lipinski definition) is 3. The number of halogens is 5. The molecule has 0 rings (SSSR count). The smallest absolute Gasteiger partial charge is 0.485 e. The molecule has 0 N–H and O–H groups in total. The Morgan fingerprint density at radius 2 is 1.44 bits per heavy atom. The summed E-state index contributed by atoms with van der Waals surface area (Å²) in [5.41, 5.74) is -5.65. The van der Waals surface area contributed by atoms with Crippen molar-refractivity contribution in [3.8, 4) is 0 Å². The molecule has 0 spiro atoms. The van der Waals surface area contributed by atoms with Crippen LogP contribution in [0.25, 0.3) is 0 Å². The van der Waals surface area contributed by atoms with Crippen LogP contribution in [0.2, 0.25) is 0 Å². The summed E-state index contributed by atoms with van der Waals surface area (Å²) in [6.45, 7) is 4.32. The Morgan fingerprint density at radius 1 is 1.19 bits per heavy atom. The predicted octanol–water partition coefficient (Wildman–Crippen LogP) is 1.66. The van der Waals surface area contributed by atoms with E-state index in [4.69, 9.17) is 13.0 Å². The monoisotopic (exact) mass is 291 g/mol. The lowest BCUT2D eigenvalue weighted by Crippen LogP contribution is -2.21. The van der Waals surface area contributed by atoms with Gasteiger partial charge in [-0.15, -0.1) is 0 Å². The van der Waals surface area contributed by atoms with Crippen molar-refractivity contribution in [3.63, 3.8) is 0 Å². The zero-order valence-corrected chi connectivity index (χ0v) is 9.93. The molecule has 0 aromatic carbocycles. The fraction of sp³-hybridized carbons (Fsp3) is 1.00. The fourth-order valence-electron chi connectivity index (χ4n) is 0.419. The highest BCUT2D eigenvalue weighted by molar-refractivity contribution is 7.86. The van der Waals surface area contributed by atoms with Gasteiger partial charge < -0.3 is 4.55 Å². The Hall–Kier alpha value is -0.290. The van der Waals surface area contributed by atoms with Crippen LogP contribution in [0.4, 0.5) is 20.9 Å². The van der Waals surface area contributed by atoms with Crippen LogP contribution in [0.3, 0.4) is 0 Å². The predicted molar refractivity (Wildman–Crippen MR) is 46.7 cm³/mol. The molecule has 16 heavy (non-hydrogen) atoms. The lowest BCUT2D eigenvalue weighted by molar-refractivity contribution is -0.499. The minimum absolute atomic E-state index is 0.437. The maximum atomic E-state index is 11.7. The third-order valence-electron chi connectivity index (χ3n) is 1.18. The highest BCUT2D eigenvalue weighted by Crippen LogP contribution is 2.20. The van der Waals surface area contributed by atoms with Gasteiger partial charge in [-0.1, -0.05) is 7.77 Å². The number of hydrogen-bond donors (Lipinski definition) is 0. The van der Waals surface area contributed by atoms with Gasteiger partial charge in [0.15, 0.2) is 23.2 Å². The van der Waals surface area contributed by atoms with Gasteiger partial charge in [0.1, 0.15) is 0 Å². The molecule has 0 unspecified atom stereocenters. The van der Waals surface area contributed by atoms with E-state index in [1.54, 1.807) is 13.8 Å². The van der Waals surface area contributed by atoms with E-state index in [1.165, 1.54) is 0 Å². The Labute approximate surface area is 92.5 Å². The molecule has 0 aromatic rings. The Bertz CT molecular complexity index is 326. The zero-order chi connectivity index (χ0) is 13.6. The molecule has 0 atom stereocenters. The molecule has 0 saturated heterocycles. The van der Waals surface area contributed by atoms with Gasteiger partial charge in [0.05, 0.1) is 0 Å². The molecule has 0 amide bonds. The summed E-state index contributed by atoms with van der Waals surface area (Å²) in [6.07, 6.45) is 0. The molecule has 0 fully saturated rings. The highest BCUT2D eigenvalue weighted by Gasteiger charge is 2.36. The lowest BCUT2D eigenvalue weighted by atomic mass is 10.7. The first-order chi connectivity index (χ1) is 6.97. The summed E-state index contributed by atoms with van der Waals surface area (Å²) in [6, 6.07) is 0. The largest absolute Gasteiger partial charge is 0.741 e. The van der Waals surface area contributed by atoms with E-state index in [2.05, 4.69) is 0 Å². The standard InChI is InChI=1S/C4H10F2NS.CHF3O3S/c1-3-7(4-2)8(5)6;2-1(3,4)8(5,6)7/h3-4H2,1-2H3;(H,5,6,7)/q+1;/p-1. The van der Waals surface area contributed by atoms with Crippen molar-refractivity contribution in [2.24, 2.45) is 0 Å². The van der Waals surface area contributed by atoms with Crippen LogP contribution >= 0.6 is 0 Å². The number of alkyl halides is 3. The second-order valence-electron chi connectivity index (χ2n) is 2.21. The van der Waals surface area contributed by atoms with Gasteiger partial charge in [0.25, 0.3) is 0 Å². The van der Waals surface area contributed by atoms with Crippen LogP contribution in [0, 0.1) is 0 Å². The second-order valence-corrected chi connectivity index (χ2v) is 4.49. The van der Waals surface area contributed by atoms with Crippen LogP contribution in [0.1, 0.15) is 13.8 Å². The topological polar surface area (TPSA) is 60.2 Å². The Balaban J connectivity index is 0. The molecule has 4 nitrogen and oxygen atoms in total. The average molecular weight is 291 g/mol. The van der Waals surface area contributed by atoms with Crippen LogP contribution < -0.4 is 0 Å². The normalized spacial score (nSPS) is 12.1. The lowest BCUT2D eigenvalue weighted by Gasteiger charge is -2.08. The van der Waals surface area contributed by atoms with Crippen molar-refractivity contribution >= 4 is 21.6 Å². The molecule has 0 aliphatic rings. The van der Waals surface area contributed by atoms with Crippen molar-refractivity contribution in [2.45, 2.75) is 19.4 Å². The summed E-state index contributed by atoms with van der Waals surface area (Å²) < 4.78 is 83.3. The molecule has 0 aliphatic heterocycles. The average Bonchev–Trinajstić information content (AvgIpc) is 2.02. The highest BCUT2D eigenvalue weighted by atomic mass is 32.2. The third-order valence-corrected chi connectivity index (χ3v) is 2.66. The zero-order valence-electron chi connectivity index (χ0n) is 8.29. The van der Waals surface area contributed by atoms with Gasteiger partial charge in [-0.3, -0.25) is 0 Å². The first-order valence-electron chi connectivity index (χ1n) is 3.81. The van der Waals surface area contributed by atoms with Crippen molar-refractivity contribution in [1.82, 2.24) is 0 Å². The molecule has 0 radical (unpaired) electrons. The summed E-state index contributed by atoms with van der Waals surface area (Å²) in [4.78, 5) is 0. The molecule has 100 valence electrons. The second kappa shape index (κ2) is 7.12. The first-order valence-corrected chi connectivity index (χ1v) is 6.20. The van der Waals surface area contributed by atoms with Crippen molar-refractivity contribution in [2.75, 3.05) is 13.1 Å². The van der Waals surface area contributed by atoms with E-state index in [0.717, 1.165) is 3.95 Å². The third kappa shape index (κ3) is 7.93. The van der Waals surface area contributed by atoms with Crippen molar-refractivity contribution in [1.29, 1.82) is 0 Å². The van der Waals surface area contributed by atoms with Crippen LogP contribution in [-0.2, 0) is 21.6 Å². The van der Waals surface area contributed by atoms with E-state index in [1.807, 2.05) is 0 Å². The van der Waals surface area contributed by atoms with E-state index in [0.29, 0.717) is 13.1 Å². The maximum Gasteiger partial charge on any atom is 0.485 e. The van der Waals surface area contributed by atoms with E-state index >= 15 is 0 Å². The summed E-state index contributed by atoms with van der Waals surface area (Å²) >= 11 is -2.52. The van der Waals surface area contributed by atoms with E-state index < -0.39 is 27.1 Å². The van der Waals surface area contributed by atoms with Gasteiger partial charge in [-0.2, -0.15) is 17.1 Å². The molecule has 0 aromatic heterocycles. The SMILES string of the molecule is CC[N+](CC)=S(F)F.O=S(=O)([O-])C(F)(F)F. The summed E-state index contributed by atoms with van der Waals surface area (Å²) in [5, 5.41) is 0. The quantitative estimate of drug-likeness (QED) is 0.336.